The van der Waals surface area contributed by atoms with E-state index in [1.54, 1.807) is 36.1 Å². The summed E-state index contributed by atoms with van der Waals surface area (Å²) in [5, 5.41) is 1.56. The van der Waals surface area contributed by atoms with Crippen molar-refractivity contribution in [2.45, 2.75) is 30.5 Å². The number of β-lactam (4-membered cyclic amide) rings is 1. The lowest BCUT2D eigenvalue weighted by Crippen LogP contribution is -2.68. The molecule has 3 aliphatic heterocycles. The van der Waals surface area contributed by atoms with Crippen LogP contribution in [0, 0.1) is 0 Å². The number of carbonyl (C=O) groups is 2. The van der Waals surface area contributed by atoms with Crippen molar-refractivity contribution in [2.24, 2.45) is 5.73 Å². The summed E-state index contributed by atoms with van der Waals surface area (Å²) in [6.45, 7) is 0.951. The first-order valence-corrected chi connectivity index (χ1v) is 10.8. The maximum atomic E-state index is 13.0. The average Bonchev–Trinajstić information content (AvgIpc) is 3.20. The topological polar surface area (TPSA) is 94.3 Å². The van der Waals surface area contributed by atoms with Gasteiger partial charge in [-0.1, -0.05) is 24.3 Å². The van der Waals surface area contributed by atoms with Gasteiger partial charge in [0.25, 0.3) is 0 Å². The van der Waals surface area contributed by atoms with Crippen molar-refractivity contribution in [3.8, 4) is 5.75 Å². The smallest absolute Gasteiger partial charge is 0.355 e. The van der Waals surface area contributed by atoms with Gasteiger partial charge in [-0.15, -0.1) is 11.8 Å². The molecule has 0 saturated carbocycles. The standard InChI is InChI=1S/C21H25N3O5S/c1-23-10-9-16(29-23)8-5-14-12-30-20-17(22)19(25)24(20)18(14)21(26)28-11-13-3-6-15(27-2)7-4-13/h3-8,16-17,20H,9-12,22H2,1-2H3/b8-5+/t16?,17-,20+/m1/s1. The summed E-state index contributed by atoms with van der Waals surface area (Å²) in [4.78, 5) is 32.5. The van der Waals surface area contributed by atoms with Gasteiger partial charge >= 0.3 is 5.97 Å². The number of hydrogen-bond donors (Lipinski definition) is 1. The number of carbonyl (C=O) groups excluding carboxylic acids is 2. The minimum atomic E-state index is -0.586. The Balaban J connectivity index is 1.52. The first kappa shape index (κ1) is 20.9. The number of ether oxygens (including phenoxy) is 2. The summed E-state index contributed by atoms with van der Waals surface area (Å²) in [6.07, 6.45) is 4.63. The number of rotatable bonds is 6. The summed E-state index contributed by atoms with van der Waals surface area (Å²) in [5.41, 5.74) is 7.78. The number of nitrogens with two attached hydrogens (primary N) is 1. The fourth-order valence-corrected chi connectivity index (χ4v) is 4.86. The monoisotopic (exact) mass is 431 g/mol. The van der Waals surface area contributed by atoms with E-state index in [9.17, 15) is 9.59 Å². The van der Waals surface area contributed by atoms with Crippen molar-refractivity contribution in [3.05, 3.63) is 53.3 Å². The molecule has 1 aromatic carbocycles. The molecule has 3 aliphatic rings. The number of hydroxylamine groups is 2. The van der Waals surface area contributed by atoms with E-state index in [1.165, 1.54) is 4.90 Å². The molecule has 2 saturated heterocycles. The zero-order valence-electron chi connectivity index (χ0n) is 16.9. The predicted molar refractivity (Wildman–Crippen MR) is 112 cm³/mol. The number of amides is 1. The molecule has 8 nitrogen and oxygen atoms in total. The molecule has 160 valence electrons. The van der Waals surface area contributed by atoms with Crippen molar-refractivity contribution < 1.29 is 23.9 Å². The van der Waals surface area contributed by atoms with E-state index in [1.807, 2.05) is 31.3 Å². The first-order valence-electron chi connectivity index (χ1n) is 9.77. The fraction of sp³-hybridized carbons (Fsp3) is 0.429. The molecule has 0 bridgehead atoms. The fourth-order valence-electron chi connectivity index (χ4n) is 3.60. The molecule has 3 atom stereocenters. The number of fused-ring (bicyclic) bond motifs is 1. The van der Waals surface area contributed by atoms with E-state index in [0.717, 1.165) is 29.9 Å². The quantitative estimate of drug-likeness (QED) is 0.534. The second-order valence-electron chi connectivity index (χ2n) is 7.38. The largest absolute Gasteiger partial charge is 0.497 e. The molecule has 9 heteroatoms. The van der Waals surface area contributed by atoms with Crippen LogP contribution in [0.4, 0.5) is 0 Å². The van der Waals surface area contributed by atoms with E-state index in [4.69, 9.17) is 20.0 Å². The summed E-state index contributed by atoms with van der Waals surface area (Å²) < 4.78 is 10.7. The summed E-state index contributed by atoms with van der Waals surface area (Å²) in [6, 6.07) is 6.69. The van der Waals surface area contributed by atoms with Gasteiger partial charge in [0.15, 0.2) is 0 Å². The zero-order valence-corrected chi connectivity index (χ0v) is 17.8. The highest BCUT2D eigenvalue weighted by molar-refractivity contribution is 8.00. The van der Waals surface area contributed by atoms with Gasteiger partial charge in [-0.05, 0) is 29.7 Å². The van der Waals surface area contributed by atoms with Gasteiger partial charge in [-0.25, -0.2) is 4.79 Å². The van der Waals surface area contributed by atoms with Crippen LogP contribution in [0.15, 0.2) is 47.7 Å². The number of hydrogen-bond acceptors (Lipinski definition) is 8. The van der Waals surface area contributed by atoms with Gasteiger partial charge in [0.05, 0.1) is 13.2 Å². The summed E-state index contributed by atoms with van der Waals surface area (Å²) >= 11 is 1.55. The molecule has 0 aliphatic carbocycles. The van der Waals surface area contributed by atoms with Crippen LogP contribution >= 0.6 is 11.8 Å². The Morgan fingerprint density at radius 3 is 2.80 bits per heavy atom. The second-order valence-corrected chi connectivity index (χ2v) is 8.48. The predicted octanol–water partition coefficient (Wildman–Crippen LogP) is 1.43. The van der Waals surface area contributed by atoms with Crippen LogP contribution in [0.2, 0.25) is 0 Å². The number of nitrogens with zero attached hydrogens (tertiary/aromatic N) is 2. The van der Waals surface area contributed by atoms with Crippen LogP contribution in [0.1, 0.15) is 12.0 Å². The molecule has 2 fully saturated rings. The van der Waals surface area contributed by atoms with E-state index in [-0.39, 0.29) is 29.7 Å². The SMILES string of the molecule is COc1ccc(COC(=O)C2=C(/C=C/C3CCN(C)O3)CS[C@H]3[C@H](N)C(=O)N23)cc1. The van der Waals surface area contributed by atoms with Crippen LogP contribution in [-0.2, 0) is 25.8 Å². The van der Waals surface area contributed by atoms with Crippen molar-refractivity contribution in [3.63, 3.8) is 0 Å². The third kappa shape index (κ3) is 4.11. The van der Waals surface area contributed by atoms with Crippen LogP contribution in [0.3, 0.4) is 0 Å². The molecule has 1 aromatic rings. The van der Waals surface area contributed by atoms with Gasteiger partial charge < -0.3 is 15.2 Å². The Kier molecular flexibility index (Phi) is 6.14. The number of esters is 1. The van der Waals surface area contributed by atoms with E-state index in [0.29, 0.717) is 5.75 Å². The van der Waals surface area contributed by atoms with Crippen molar-refractivity contribution in [2.75, 3.05) is 26.5 Å². The molecule has 1 amide bonds. The van der Waals surface area contributed by atoms with Gasteiger partial charge in [0.2, 0.25) is 5.91 Å². The van der Waals surface area contributed by atoms with Crippen LogP contribution in [0.25, 0.3) is 0 Å². The third-order valence-electron chi connectivity index (χ3n) is 5.32. The molecule has 4 rings (SSSR count). The molecule has 2 N–H and O–H groups in total. The Hall–Kier alpha value is -2.33. The maximum absolute atomic E-state index is 13.0. The minimum Gasteiger partial charge on any atom is -0.497 e. The summed E-state index contributed by atoms with van der Waals surface area (Å²) in [7, 11) is 3.48. The molecule has 30 heavy (non-hydrogen) atoms. The lowest BCUT2D eigenvalue weighted by molar-refractivity contribution is -0.151. The van der Waals surface area contributed by atoms with Gasteiger partial charge in [0, 0.05) is 19.3 Å². The van der Waals surface area contributed by atoms with Crippen LogP contribution < -0.4 is 10.5 Å². The van der Waals surface area contributed by atoms with Gasteiger partial charge in [0.1, 0.15) is 29.5 Å². The average molecular weight is 432 g/mol. The second kappa shape index (κ2) is 8.81. The third-order valence-corrected chi connectivity index (χ3v) is 6.64. The normalized spacial score (nSPS) is 26.7. The Morgan fingerprint density at radius 2 is 2.13 bits per heavy atom. The van der Waals surface area contributed by atoms with Gasteiger partial charge in [-0.2, -0.15) is 5.06 Å². The Labute approximate surface area is 179 Å². The molecular weight excluding hydrogens is 406 g/mol. The van der Waals surface area contributed by atoms with Crippen molar-refractivity contribution in [1.82, 2.24) is 9.96 Å². The molecule has 1 unspecified atom stereocenters. The lowest BCUT2D eigenvalue weighted by Gasteiger charge is -2.48. The highest BCUT2D eigenvalue weighted by Gasteiger charge is 2.51. The molecule has 0 aromatic heterocycles. The number of methoxy groups -OCH3 is 1. The van der Waals surface area contributed by atoms with E-state index >= 15 is 0 Å². The molecule has 0 spiro atoms. The van der Waals surface area contributed by atoms with Crippen LogP contribution in [-0.4, -0.2) is 65.8 Å². The molecule has 3 heterocycles. The first-order chi connectivity index (χ1) is 14.5. The Bertz CT molecular complexity index is 885. The van der Waals surface area contributed by atoms with Gasteiger partial charge in [-0.3, -0.25) is 14.5 Å². The molecular formula is C21H25N3O5S. The zero-order chi connectivity index (χ0) is 21.3. The van der Waals surface area contributed by atoms with E-state index in [2.05, 4.69) is 0 Å². The highest BCUT2D eigenvalue weighted by atomic mass is 32.2. The maximum Gasteiger partial charge on any atom is 0.355 e. The van der Waals surface area contributed by atoms with Crippen molar-refractivity contribution >= 4 is 23.6 Å². The number of benzene rings is 1. The van der Waals surface area contributed by atoms with E-state index < -0.39 is 12.0 Å². The molecule has 0 radical (unpaired) electrons. The van der Waals surface area contributed by atoms with Crippen molar-refractivity contribution in [1.29, 1.82) is 0 Å². The van der Waals surface area contributed by atoms with Crippen LogP contribution in [0.5, 0.6) is 5.75 Å². The summed E-state index contributed by atoms with van der Waals surface area (Å²) in [5.74, 6) is 0.521. The Morgan fingerprint density at radius 1 is 1.37 bits per heavy atom. The highest BCUT2D eigenvalue weighted by Crippen LogP contribution is 2.40. The number of thioether (sulfide) groups is 1. The number of allylic oxidation sites excluding steroid dienone is 1. The minimum absolute atomic E-state index is 0.0452. The lowest BCUT2D eigenvalue weighted by atomic mass is 10.0.